The highest BCUT2D eigenvalue weighted by molar-refractivity contribution is 6.09. The van der Waals surface area contributed by atoms with Crippen LogP contribution in [0.4, 0.5) is 4.79 Å². The first kappa shape index (κ1) is 16.1. The molecule has 2 aliphatic heterocycles. The van der Waals surface area contributed by atoms with Gasteiger partial charge in [-0.1, -0.05) is 30.3 Å². The lowest BCUT2D eigenvalue weighted by atomic mass is 9.96. The van der Waals surface area contributed by atoms with Gasteiger partial charge in [-0.15, -0.1) is 0 Å². The first-order chi connectivity index (χ1) is 12.0. The van der Waals surface area contributed by atoms with Gasteiger partial charge in [0.15, 0.2) is 0 Å². The molecule has 2 heterocycles. The van der Waals surface area contributed by atoms with Gasteiger partial charge in [0.1, 0.15) is 12.1 Å². The maximum atomic E-state index is 12.8. The largest absolute Gasteiger partial charge is 0.334 e. The summed E-state index contributed by atoms with van der Waals surface area (Å²) < 4.78 is 0. The van der Waals surface area contributed by atoms with E-state index in [9.17, 15) is 14.4 Å². The number of nitrogens with zero attached hydrogens (tertiary/aromatic N) is 2. The van der Waals surface area contributed by atoms with Crippen LogP contribution in [0.2, 0.25) is 0 Å². The minimum absolute atomic E-state index is 0.0317. The molecule has 4 amide bonds. The maximum absolute atomic E-state index is 12.8. The van der Waals surface area contributed by atoms with Crippen molar-refractivity contribution in [3.63, 3.8) is 0 Å². The van der Waals surface area contributed by atoms with E-state index in [-0.39, 0.29) is 30.3 Å². The lowest BCUT2D eigenvalue weighted by Gasteiger charge is -2.27. The van der Waals surface area contributed by atoms with Gasteiger partial charge in [-0.25, -0.2) is 4.79 Å². The number of benzene rings is 1. The van der Waals surface area contributed by atoms with Crippen LogP contribution in [-0.2, 0) is 9.59 Å². The first-order valence-corrected chi connectivity index (χ1v) is 8.99. The van der Waals surface area contributed by atoms with E-state index >= 15 is 0 Å². The number of hydrogen-bond acceptors (Lipinski definition) is 3. The molecular weight excluding hydrogens is 318 g/mol. The van der Waals surface area contributed by atoms with Crippen molar-refractivity contribution in [1.82, 2.24) is 15.1 Å². The Morgan fingerprint density at radius 2 is 1.92 bits per heavy atom. The zero-order valence-electron chi connectivity index (χ0n) is 14.4. The standard InChI is InChI=1S/C19H23N3O3/c1-19(14-9-10-14)17(24)22(18(25)20-19)12-16(23)21-11-5-8-15(21)13-6-3-2-4-7-13/h2-4,6-7,14-15H,5,8-12H2,1H3,(H,20,25). The minimum Gasteiger partial charge on any atom is -0.334 e. The van der Waals surface area contributed by atoms with E-state index in [0.29, 0.717) is 6.54 Å². The summed E-state index contributed by atoms with van der Waals surface area (Å²) in [7, 11) is 0. The lowest BCUT2D eigenvalue weighted by molar-refractivity contribution is -0.139. The van der Waals surface area contributed by atoms with Crippen LogP contribution in [0.3, 0.4) is 0 Å². The van der Waals surface area contributed by atoms with E-state index in [4.69, 9.17) is 0 Å². The third-order valence-corrected chi connectivity index (χ3v) is 5.75. The van der Waals surface area contributed by atoms with Gasteiger partial charge < -0.3 is 10.2 Å². The van der Waals surface area contributed by atoms with Gasteiger partial charge in [-0.2, -0.15) is 0 Å². The smallest absolute Gasteiger partial charge is 0.325 e. The molecule has 1 aliphatic carbocycles. The van der Waals surface area contributed by atoms with E-state index in [2.05, 4.69) is 5.32 Å². The molecule has 3 aliphatic rings. The molecular formula is C19H23N3O3. The van der Waals surface area contributed by atoms with Crippen LogP contribution in [-0.4, -0.2) is 46.3 Å². The molecule has 6 nitrogen and oxygen atoms in total. The Morgan fingerprint density at radius 3 is 2.60 bits per heavy atom. The SMILES string of the molecule is CC1(C2CC2)NC(=O)N(CC(=O)N2CCCC2c2ccccc2)C1=O. The molecule has 132 valence electrons. The van der Waals surface area contributed by atoms with Gasteiger partial charge in [0.25, 0.3) is 5.91 Å². The number of imide groups is 1. The molecule has 2 unspecified atom stereocenters. The molecule has 0 radical (unpaired) electrons. The van der Waals surface area contributed by atoms with Crippen molar-refractivity contribution in [2.45, 2.75) is 44.2 Å². The molecule has 1 N–H and O–H groups in total. The van der Waals surface area contributed by atoms with E-state index in [1.807, 2.05) is 35.2 Å². The number of likely N-dealkylation sites (tertiary alicyclic amines) is 1. The summed E-state index contributed by atoms with van der Waals surface area (Å²) in [6.45, 7) is 2.27. The molecule has 0 spiro atoms. The average molecular weight is 341 g/mol. The van der Waals surface area contributed by atoms with Gasteiger partial charge in [-0.05, 0) is 44.1 Å². The number of nitrogens with one attached hydrogen (secondary N) is 1. The van der Waals surface area contributed by atoms with E-state index in [1.54, 1.807) is 6.92 Å². The lowest BCUT2D eigenvalue weighted by Crippen LogP contribution is -2.47. The van der Waals surface area contributed by atoms with Crippen LogP contribution in [0.1, 0.15) is 44.2 Å². The third-order valence-electron chi connectivity index (χ3n) is 5.75. The molecule has 1 aromatic carbocycles. The highest BCUT2D eigenvalue weighted by Gasteiger charge is 2.56. The van der Waals surface area contributed by atoms with Crippen LogP contribution in [0.15, 0.2) is 30.3 Å². The zero-order chi connectivity index (χ0) is 17.6. The Morgan fingerprint density at radius 1 is 1.20 bits per heavy atom. The van der Waals surface area contributed by atoms with Crippen LogP contribution in [0.5, 0.6) is 0 Å². The van der Waals surface area contributed by atoms with Crippen molar-refractivity contribution in [1.29, 1.82) is 0 Å². The van der Waals surface area contributed by atoms with Crippen molar-refractivity contribution in [2.24, 2.45) is 5.92 Å². The fourth-order valence-corrected chi connectivity index (χ4v) is 4.11. The highest BCUT2D eigenvalue weighted by Crippen LogP contribution is 2.42. The Kier molecular flexibility index (Phi) is 3.78. The molecule has 3 fully saturated rings. The van der Waals surface area contributed by atoms with Gasteiger partial charge in [0, 0.05) is 6.54 Å². The van der Waals surface area contributed by atoms with Crippen LogP contribution in [0.25, 0.3) is 0 Å². The molecule has 2 saturated heterocycles. The fraction of sp³-hybridized carbons (Fsp3) is 0.526. The number of rotatable bonds is 4. The molecule has 1 aromatic rings. The molecule has 0 bridgehead atoms. The van der Waals surface area contributed by atoms with Gasteiger partial charge >= 0.3 is 6.03 Å². The predicted octanol–water partition coefficient (Wildman–Crippen LogP) is 2.07. The quantitative estimate of drug-likeness (QED) is 0.853. The van der Waals surface area contributed by atoms with E-state index in [0.717, 1.165) is 36.1 Å². The average Bonchev–Trinajstić information content (AvgIpc) is 3.32. The monoisotopic (exact) mass is 341 g/mol. The summed E-state index contributed by atoms with van der Waals surface area (Å²) in [4.78, 5) is 40.7. The molecule has 2 atom stereocenters. The van der Waals surface area contributed by atoms with E-state index < -0.39 is 11.6 Å². The minimum atomic E-state index is -0.832. The number of urea groups is 1. The summed E-state index contributed by atoms with van der Waals surface area (Å²) in [5, 5.41) is 2.80. The molecule has 1 saturated carbocycles. The van der Waals surface area contributed by atoms with Gasteiger partial charge in [0.05, 0.1) is 6.04 Å². The van der Waals surface area contributed by atoms with Crippen molar-refractivity contribution in [3.05, 3.63) is 35.9 Å². The third kappa shape index (κ3) is 2.69. The number of carbonyl (C=O) groups excluding carboxylic acids is 3. The van der Waals surface area contributed by atoms with Crippen LogP contribution >= 0.6 is 0 Å². The summed E-state index contributed by atoms with van der Waals surface area (Å²) in [6.07, 6.45) is 3.75. The van der Waals surface area contributed by atoms with E-state index in [1.165, 1.54) is 0 Å². The summed E-state index contributed by atoms with van der Waals surface area (Å²) in [5.41, 5.74) is 0.273. The fourth-order valence-electron chi connectivity index (χ4n) is 4.11. The Bertz CT molecular complexity index is 716. The second kappa shape index (κ2) is 5.86. The van der Waals surface area contributed by atoms with Gasteiger partial charge in [-0.3, -0.25) is 14.5 Å². The van der Waals surface area contributed by atoms with Crippen molar-refractivity contribution in [3.8, 4) is 0 Å². The van der Waals surface area contributed by atoms with Crippen LogP contribution in [0, 0.1) is 5.92 Å². The Hall–Kier alpha value is -2.37. The summed E-state index contributed by atoms with van der Waals surface area (Å²) in [5.74, 6) is -0.216. The molecule has 4 rings (SSSR count). The van der Waals surface area contributed by atoms with Crippen molar-refractivity contribution >= 4 is 17.8 Å². The molecule has 25 heavy (non-hydrogen) atoms. The zero-order valence-corrected chi connectivity index (χ0v) is 14.4. The predicted molar refractivity (Wildman–Crippen MR) is 91.5 cm³/mol. The summed E-state index contributed by atoms with van der Waals surface area (Å²) >= 11 is 0. The second-order valence-corrected chi connectivity index (χ2v) is 7.45. The van der Waals surface area contributed by atoms with Crippen molar-refractivity contribution in [2.75, 3.05) is 13.1 Å². The number of carbonyl (C=O) groups is 3. The van der Waals surface area contributed by atoms with Crippen LogP contribution < -0.4 is 5.32 Å². The number of amides is 4. The Labute approximate surface area is 147 Å². The Balaban J connectivity index is 1.48. The molecule has 0 aromatic heterocycles. The number of hydrogen-bond donors (Lipinski definition) is 1. The normalized spacial score (nSPS) is 29.2. The first-order valence-electron chi connectivity index (χ1n) is 8.99. The van der Waals surface area contributed by atoms with Crippen molar-refractivity contribution < 1.29 is 14.4 Å². The maximum Gasteiger partial charge on any atom is 0.325 e. The topological polar surface area (TPSA) is 69.7 Å². The second-order valence-electron chi connectivity index (χ2n) is 7.45. The molecule has 6 heteroatoms. The highest BCUT2D eigenvalue weighted by atomic mass is 16.2. The summed E-state index contributed by atoms with van der Waals surface area (Å²) in [6, 6.07) is 9.52. The van der Waals surface area contributed by atoms with Gasteiger partial charge in [0.2, 0.25) is 5.91 Å².